The Balaban J connectivity index is 1.43. The number of nitrogens with one attached hydrogen (secondary N) is 2. The van der Waals surface area contributed by atoms with Crippen molar-refractivity contribution in [3.05, 3.63) is 22.4 Å². The van der Waals surface area contributed by atoms with E-state index in [0.717, 1.165) is 32.5 Å². The first-order chi connectivity index (χ1) is 8.80. The Bertz CT molecular complexity index is 409. The van der Waals surface area contributed by atoms with Crippen LogP contribution < -0.4 is 10.6 Å². The zero-order valence-electron chi connectivity index (χ0n) is 10.6. The van der Waals surface area contributed by atoms with Crippen molar-refractivity contribution < 1.29 is 4.79 Å². The third-order valence-corrected chi connectivity index (χ3v) is 5.29. The van der Waals surface area contributed by atoms with E-state index in [1.165, 1.54) is 17.7 Å². The Morgan fingerprint density at radius 1 is 1.50 bits per heavy atom. The summed E-state index contributed by atoms with van der Waals surface area (Å²) in [7, 11) is 0. The smallest absolute Gasteiger partial charge is 0.223 e. The number of carbonyl (C=O) groups excluding carboxylic acids is 1. The van der Waals surface area contributed by atoms with Crippen molar-refractivity contribution in [1.29, 1.82) is 0 Å². The molecule has 1 saturated carbocycles. The van der Waals surface area contributed by atoms with Gasteiger partial charge in [-0.25, -0.2) is 0 Å². The summed E-state index contributed by atoms with van der Waals surface area (Å²) in [6, 6.07) is 4.19. The van der Waals surface area contributed by atoms with Crippen LogP contribution in [0, 0.1) is 11.3 Å². The fraction of sp³-hybridized carbons (Fsp3) is 0.643. The maximum Gasteiger partial charge on any atom is 0.223 e. The van der Waals surface area contributed by atoms with E-state index in [0.29, 0.717) is 11.3 Å². The first-order valence-electron chi connectivity index (χ1n) is 6.81. The first-order valence-corrected chi connectivity index (χ1v) is 7.69. The van der Waals surface area contributed by atoms with E-state index in [4.69, 9.17) is 0 Å². The molecule has 1 amide bonds. The summed E-state index contributed by atoms with van der Waals surface area (Å²) in [5.41, 5.74) is 0.359. The standard InChI is InChI=1S/C14H20N2OS/c17-13(16-6-3-11-2-1-9-18-11)12-10-14(12)4-7-15-8-5-14/h1-2,9,12,15H,3-8,10H2,(H,16,17). The van der Waals surface area contributed by atoms with E-state index in [1.807, 2.05) is 0 Å². The predicted octanol–water partition coefficient (Wildman–Crippen LogP) is 1.80. The van der Waals surface area contributed by atoms with Gasteiger partial charge in [-0.15, -0.1) is 11.3 Å². The molecule has 0 bridgehead atoms. The zero-order chi connectivity index (χ0) is 12.4. The molecule has 18 heavy (non-hydrogen) atoms. The molecule has 2 fully saturated rings. The second-order valence-corrected chi connectivity index (χ2v) is 6.52. The molecule has 1 saturated heterocycles. The maximum atomic E-state index is 12.1. The van der Waals surface area contributed by atoms with Gasteiger partial charge in [0.1, 0.15) is 0 Å². The van der Waals surface area contributed by atoms with E-state index in [-0.39, 0.29) is 5.91 Å². The molecule has 1 spiro atoms. The summed E-state index contributed by atoms with van der Waals surface area (Å²) in [5, 5.41) is 8.56. The maximum absolute atomic E-state index is 12.1. The minimum Gasteiger partial charge on any atom is -0.355 e. The normalized spacial score (nSPS) is 25.0. The molecule has 4 heteroatoms. The van der Waals surface area contributed by atoms with Gasteiger partial charge >= 0.3 is 0 Å². The number of hydrogen-bond acceptors (Lipinski definition) is 3. The number of thiophene rings is 1. The van der Waals surface area contributed by atoms with Gasteiger partial charge in [-0.3, -0.25) is 4.79 Å². The van der Waals surface area contributed by atoms with Gasteiger partial charge in [-0.05, 0) is 55.6 Å². The Morgan fingerprint density at radius 2 is 2.33 bits per heavy atom. The van der Waals surface area contributed by atoms with Crippen molar-refractivity contribution in [2.24, 2.45) is 11.3 Å². The van der Waals surface area contributed by atoms with Crippen LogP contribution in [0.4, 0.5) is 0 Å². The van der Waals surface area contributed by atoms with Gasteiger partial charge in [0.2, 0.25) is 5.91 Å². The molecule has 2 N–H and O–H groups in total. The molecule has 3 nitrogen and oxygen atoms in total. The Kier molecular flexibility index (Phi) is 3.39. The molecule has 1 aromatic rings. The van der Waals surface area contributed by atoms with Crippen LogP contribution in [0.25, 0.3) is 0 Å². The highest BCUT2D eigenvalue weighted by molar-refractivity contribution is 7.09. The zero-order valence-corrected chi connectivity index (χ0v) is 11.4. The van der Waals surface area contributed by atoms with Crippen LogP contribution in [0.2, 0.25) is 0 Å². The SMILES string of the molecule is O=C(NCCc1cccs1)C1CC12CCNCC2. The average molecular weight is 264 g/mol. The molecule has 3 rings (SSSR count). The number of carbonyl (C=O) groups is 1. The number of piperidine rings is 1. The summed E-state index contributed by atoms with van der Waals surface area (Å²) in [6.07, 6.45) is 4.43. The topological polar surface area (TPSA) is 41.1 Å². The van der Waals surface area contributed by atoms with Crippen molar-refractivity contribution in [2.75, 3.05) is 19.6 Å². The molecule has 1 atom stereocenters. The lowest BCUT2D eigenvalue weighted by molar-refractivity contribution is -0.123. The predicted molar refractivity (Wildman–Crippen MR) is 73.7 cm³/mol. The van der Waals surface area contributed by atoms with Crippen molar-refractivity contribution in [3.63, 3.8) is 0 Å². The summed E-state index contributed by atoms with van der Waals surface area (Å²) in [6.45, 7) is 2.95. The molecule has 1 aromatic heterocycles. The molecule has 0 radical (unpaired) electrons. The van der Waals surface area contributed by atoms with Gasteiger partial charge in [0, 0.05) is 17.3 Å². The monoisotopic (exact) mass is 264 g/mol. The quantitative estimate of drug-likeness (QED) is 0.870. The highest BCUT2D eigenvalue weighted by Gasteiger charge is 2.57. The minimum absolute atomic E-state index is 0.286. The third kappa shape index (κ3) is 2.45. The van der Waals surface area contributed by atoms with E-state index >= 15 is 0 Å². The van der Waals surface area contributed by atoms with Crippen molar-refractivity contribution >= 4 is 17.2 Å². The summed E-state index contributed by atoms with van der Waals surface area (Å²) in [5.74, 6) is 0.580. The fourth-order valence-corrected chi connectivity index (χ4v) is 3.79. The Morgan fingerprint density at radius 3 is 3.06 bits per heavy atom. The second-order valence-electron chi connectivity index (χ2n) is 5.49. The number of hydrogen-bond donors (Lipinski definition) is 2. The van der Waals surface area contributed by atoms with Crippen LogP contribution in [0.15, 0.2) is 17.5 Å². The van der Waals surface area contributed by atoms with Crippen LogP contribution in [0.1, 0.15) is 24.1 Å². The lowest BCUT2D eigenvalue weighted by Gasteiger charge is -2.23. The third-order valence-electron chi connectivity index (χ3n) is 4.36. The van der Waals surface area contributed by atoms with Crippen molar-refractivity contribution in [2.45, 2.75) is 25.7 Å². The highest BCUT2D eigenvalue weighted by Crippen LogP contribution is 2.58. The van der Waals surface area contributed by atoms with Gasteiger partial charge in [-0.1, -0.05) is 6.07 Å². The van der Waals surface area contributed by atoms with Crippen LogP contribution >= 0.6 is 11.3 Å². The Labute approximate surface area is 112 Å². The molecule has 0 aromatic carbocycles. The minimum atomic E-state index is 0.286. The van der Waals surface area contributed by atoms with E-state index in [9.17, 15) is 4.79 Å². The summed E-state index contributed by atoms with van der Waals surface area (Å²) >= 11 is 1.76. The van der Waals surface area contributed by atoms with Crippen LogP contribution in [-0.2, 0) is 11.2 Å². The fourth-order valence-electron chi connectivity index (χ4n) is 3.08. The summed E-state index contributed by atoms with van der Waals surface area (Å²) < 4.78 is 0. The number of rotatable bonds is 4. The van der Waals surface area contributed by atoms with Crippen molar-refractivity contribution in [1.82, 2.24) is 10.6 Å². The van der Waals surface area contributed by atoms with Crippen LogP contribution in [0.3, 0.4) is 0 Å². The molecule has 2 aliphatic rings. The lowest BCUT2D eigenvalue weighted by atomic mass is 9.92. The largest absolute Gasteiger partial charge is 0.355 e. The molecule has 1 aliphatic heterocycles. The molecule has 1 aliphatic carbocycles. The highest BCUT2D eigenvalue weighted by atomic mass is 32.1. The van der Waals surface area contributed by atoms with Gasteiger partial charge in [0.15, 0.2) is 0 Å². The lowest BCUT2D eigenvalue weighted by Crippen LogP contribution is -2.34. The van der Waals surface area contributed by atoms with Gasteiger partial charge in [-0.2, -0.15) is 0 Å². The molecule has 98 valence electrons. The Hall–Kier alpha value is -0.870. The molecule has 2 heterocycles. The van der Waals surface area contributed by atoms with E-state index < -0.39 is 0 Å². The average Bonchev–Trinajstić information content (AvgIpc) is 2.85. The van der Waals surface area contributed by atoms with Crippen LogP contribution in [0.5, 0.6) is 0 Å². The van der Waals surface area contributed by atoms with E-state index in [1.54, 1.807) is 11.3 Å². The van der Waals surface area contributed by atoms with E-state index in [2.05, 4.69) is 28.1 Å². The first kappa shape index (κ1) is 12.2. The van der Waals surface area contributed by atoms with Gasteiger partial charge in [0.25, 0.3) is 0 Å². The summed E-state index contributed by atoms with van der Waals surface area (Å²) in [4.78, 5) is 13.4. The molecule has 1 unspecified atom stereocenters. The van der Waals surface area contributed by atoms with Crippen molar-refractivity contribution in [3.8, 4) is 0 Å². The van der Waals surface area contributed by atoms with Gasteiger partial charge < -0.3 is 10.6 Å². The molecular formula is C14H20N2OS. The van der Waals surface area contributed by atoms with Crippen LogP contribution in [-0.4, -0.2) is 25.5 Å². The van der Waals surface area contributed by atoms with Gasteiger partial charge in [0.05, 0.1) is 0 Å². The second kappa shape index (κ2) is 5.02. The number of amides is 1. The molecular weight excluding hydrogens is 244 g/mol.